The standard InChI is InChI=1S/C19H23ClN4O2S/c1-13-4-6-17(7-5-13)27(25,26)24-19-10-18(20)14(8-15(19)12-22-24)9-16(11-21)23(2)3/h4-8,10,12,16H,9,11,21H2,1-3H3/t16-/m0/s1. The van der Waals surface area contributed by atoms with E-state index in [1.807, 2.05) is 32.0 Å². The Morgan fingerprint density at radius 1 is 1.22 bits per heavy atom. The minimum atomic E-state index is -3.79. The van der Waals surface area contributed by atoms with Gasteiger partial charge in [0.05, 0.1) is 16.6 Å². The van der Waals surface area contributed by atoms with Crippen molar-refractivity contribution in [2.75, 3.05) is 20.6 Å². The van der Waals surface area contributed by atoms with Crippen LogP contribution in [-0.4, -0.2) is 49.2 Å². The molecule has 1 aromatic heterocycles. The highest BCUT2D eigenvalue weighted by atomic mass is 35.5. The third kappa shape index (κ3) is 3.87. The van der Waals surface area contributed by atoms with Gasteiger partial charge >= 0.3 is 0 Å². The molecule has 27 heavy (non-hydrogen) atoms. The van der Waals surface area contributed by atoms with Crippen LogP contribution in [0.5, 0.6) is 0 Å². The van der Waals surface area contributed by atoms with Crippen LogP contribution in [-0.2, 0) is 16.4 Å². The predicted octanol–water partition coefficient (Wildman–Crippen LogP) is 2.67. The number of halogens is 1. The van der Waals surface area contributed by atoms with Gasteiger partial charge in [-0.25, -0.2) is 0 Å². The van der Waals surface area contributed by atoms with Crippen molar-refractivity contribution >= 4 is 32.5 Å². The molecular weight excluding hydrogens is 384 g/mol. The Kier molecular flexibility index (Phi) is 5.58. The monoisotopic (exact) mass is 406 g/mol. The molecular formula is C19H23ClN4O2S. The summed E-state index contributed by atoms with van der Waals surface area (Å²) in [5, 5.41) is 5.34. The lowest BCUT2D eigenvalue weighted by molar-refractivity contribution is 0.298. The lowest BCUT2D eigenvalue weighted by Gasteiger charge is -2.23. The molecule has 0 aliphatic carbocycles. The van der Waals surface area contributed by atoms with E-state index in [0.717, 1.165) is 20.6 Å². The number of likely N-dealkylation sites (N-methyl/N-ethyl adjacent to an activating group) is 1. The number of fused-ring (bicyclic) bond motifs is 1. The number of benzene rings is 2. The third-order valence-electron chi connectivity index (χ3n) is 4.71. The molecule has 0 radical (unpaired) electrons. The number of aryl methyl sites for hydroxylation is 1. The molecule has 2 aromatic carbocycles. The quantitative estimate of drug-likeness (QED) is 0.680. The molecule has 2 N–H and O–H groups in total. The molecule has 0 saturated carbocycles. The fourth-order valence-corrected chi connectivity index (χ4v) is 4.46. The Morgan fingerprint density at radius 3 is 2.48 bits per heavy atom. The number of rotatable bonds is 6. The molecule has 0 amide bonds. The molecule has 8 heteroatoms. The second kappa shape index (κ2) is 7.59. The molecule has 0 aliphatic rings. The SMILES string of the molecule is Cc1ccc(S(=O)(=O)n2ncc3cc(C[C@@H](CN)N(C)C)c(Cl)cc32)cc1. The van der Waals surface area contributed by atoms with Crippen molar-refractivity contribution in [2.24, 2.45) is 5.73 Å². The molecule has 0 saturated heterocycles. The molecule has 0 unspecified atom stereocenters. The highest BCUT2D eigenvalue weighted by Gasteiger charge is 2.22. The van der Waals surface area contributed by atoms with Gasteiger partial charge in [-0.3, -0.25) is 0 Å². The van der Waals surface area contributed by atoms with Crippen molar-refractivity contribution in [3.8, 4) is 0 Å². The first kappa shape index (κ1) is 19.8. The normalized spacial score (nSPS) is 13.4. The van der Waals surface area contributed by atoms with Gasteiger partial charge in [-0.2, -0.15) is 17.6 Å². The summed E-state index contributed by atoms with van der Waals surface area (Å²) in [5.41, 5.74) is 8.20. The minimum absolute atomic E-state index is 0.145. The van der Waals surface area contributed by atoms with E-state index in [1.165, 1.54) is 0 Å². The van der Waals surface area contributed by atoms with Gasteiger partial charge < -0.3 is 10.6 Å². The predicted molar refractivity (Wildman–Crippen MR) is 109 cm³/mol. The van der Waals surface area contributed by atoms with Crippen LogP contribution in [0.25, 0.3) is 10.9 Å². The molecule has 1 atom stereocenters. The lowest BCUT2D eigenvalue weighted by Crippen LogP contribution is -2.36. The molecule has 6 nitrogen and oxygen atoms in total. The van der Waals surface area contributed by atoms with Crippen LogP contribution >= 0.6 is 11.6 Å². The van der Waals surface area contributed by atoms with Crippen LogP contribution in [0.2, 0.25) is 5.02 Å². The van der Waals surface area contributed by atoms with Crippen LogP contribution in [0.1, 0.15) is 11.1 Å². The van der Waals surface area contributed by atoms with Crippen molar-refractivity contribution in [2.45, 2.75) is 24.3 Å². The summed E-state index contributed by atoms with van der Waals surface area (Å²) in [6, 6.07) is 10.4. The van der Waals surface area contributed by atoms with Gasteiger partial charge in [0, 0.05) is 23.0 Å². The maximum absolute atomic E-state index is 13.0. The molecule has 0 spiro atoms. The first-order valence-corrected chi connectivity index (χ1v) is 10.4. The van der Waals surface area contributed by atoms with Crippen LogP contribution in [0.15, 0.2) is 47.5 Å². The smallest absolute Gasteiger partial charge is 0.283 e. The minimum Gasteiger partial charge on any atom is -0.329 e. The Bertz CT molecular complexity index is 1060. The summed E-state index contributed by atoms with van der Waals surface area (Å²) in [6.07, 6.45) is 2.22. The number of hydrogen-bond donors (Lipinski definition) is 1. The topological polar surface area (TPSA) is 81.2 Å². The van der Waals surface area contributed by atoms with Gasteiger partial charge in [0.2, 0.25) is 0 Å². The van der Waals surface area contributed by atoms with E-state index in [2.05, 4.69) is 5.10 Å². The fraction of sp³-hybridized carbons (Fsp3) is 0.316. The zero-order valence-corrected chi connectivity index (χ0v) is 17.1. The average molecular weight is 407 g/mol. The van der Waals surface area contributed by atoms with Crippen molar-refractivity contribution in [1.29, 1.82) is 0 Å². The van der Waals surface area contributed by atoms with Gasteiger partial charge in [-0.05, 0) is 57.3 Å². The van der Waals surface area contributed by atoms with E-state index in [9.17, 15) is 8.42 Å². The summed E-state index contributed by atoms with van der Waals surface area (Å²) >= 11 is 6.46. The molecule has 144 valence electrons. The van der Waals surface area contributed by atoms with E-state index in [1.54, 1.807) is 36.5 Å². The first-order chi connectivity index (χ1) is 12.7. The Hall–Kier alpha value is -1.93. The second-order valence-electron chi connectivity index (χ2n) is 6.87. The van der Waals surface area contributed by atoms with E-state index in [0.29, 0.717) is 23.5 Å². The van der Waals surface area contributed by atoms with E-state index in [4.69, 9.17) is 17.3 Å². The van der Waals surface area contributed by atoms with Crippen molar-refractivity contribution in [3.63, 3.8) is 0 Å². The maximum Gasteiger partial charge on any atom is 0.283 e. The molecule has 3 aromatic rings. The van der Waals surface area contributed by atoms with E-state index in [-0.39, 0.29) is 10.9 Å². The highest BCUT2D eigenvalue weighted by Crippen LogP contribution is 2.28. The third-order valence-corrected chi connectivity index (χ3v) is 6.67. The molecule has 0 bridgehead atoms. The van der Waals surface area contributed by atoms with Crippen molar-refractivity contribution in [1.82, 2.24) is 14.1 Å². The summed E-state index contributed by atoms with van der Waals surface area (Å²) < 4.78 is 27.0. The van der Waals surface area contributed by atoms with Crippen LogP contribution < -0.4 is 5.73 Å². The lowest BCUT2D eigenvalue weighted by atomic mass is 10.0. The number of nitrogens with two attached hydrogens (primary N) is 1. The highest BCUT2D eigenvalue weighted by molar-refractivity contribution is 7.90. The number of nitrogens with zero attached hydrogens (tertiary/aromatic N) is 3. The summed E-state index contributed by atoms with van der Waals surface area (Å²) in [6.45, 7) is 2.41. The van der Waals surface area contributed by atoms with Gasteiger partial charge in [-0.1, -0.05) is 29.3 Å². The van der Waals surface area contributed by atoms with E-state index >= 15 is 0 Å². The Balaban J connectivity index is 2.05. The van der Waals surface area contributed by atoms with Gasteiger partial charge in [0.25, 0.3) is 10.0 Å². The van der Waals surface area contributed by atoms with Crippen LogP contribution in [0.4, 0.5) is 0 Å². The number of hydrogen-bond acceptors (Lipinski definition) is 5. The van der Waals surface area contributed by atoms with Crippen molar-refractivity contribution < 1.29 is 8.42 Å². The maximum atomic E-state index is 13.0. The molecule has 0 fully saturated rings. The fourth-order valence-electron chi connectivity index (χ4n) is 2.96. The van der Waals surface area contributed by atoms with Crippen LogP contribution in [0.3, 0.4) is 0 Å². The summed E-state index contributed by atoms with van der Waals surface area (Å²) in [4.78, 5) is 2.24. The average Bonchev–Trinajstić information content (AvgIpc) is 3.03. The van der Waals surface area contributed by atoms with Gasteiger partial charge in [-0.15, -0.1) is 0 Å². The largest absolute Gasteiger partial charge is 0.329 e. The van der Waals surface area contributed by atoms with Gasteiger partial charge in [0.1, 0.15) is 0 Å². The first-order valence-electron chi connectivity index (χ1n) is 8.59. The summed E-state index contributed by atoms with van der Waals surface area (Å²) in [7, 11) is 0.146. The molecule has 0 aliphatic heterocycles. The van der Waals surface area contributed by atoms with Crippen LogP contribution in [0, 0.1) is 6.92 Å². The summed E-state index contributed by atoms with van der Waals surface area (Å²) in [5.74, 6) is 0. The Labute approximate surface area is 164 Å². The second-order valence-corrected chi connectivity index (χ2v) is 9.04. The van der Waals surface area contributed by atoms with Gasteiger partial charge in [0.15, 0.2) is 0 Å². The zero-order valence-electron chi connectivity index (χ0n) is 15.6. The molecule has 3 rings (SSSR count). The van der Waals surface area contributed by atoms with Crippen molar-refractivity contribution in [3.05, 3.63) is 58.7 Å². The van der Waals surface area contributed by atoms with E-state index < -0.39 is 10.0 Å². The molecule has 1 heterocycles. The zero-order chi connectivity index (χ0) is 19.8. The Morgan fingerprint density at radius 2 is 1.89 bits per heavy atom. The number of aromatic nitrogens is 2.